The Kier molecular flexibility index (Phi) is 4.85. The molecule has 1 unspecified atom stereocenters. The third-order valence-electron chi connectivity index (χ3n) is 5.27. The zero-order valence-electron chi connectivity index (χ0n) is 15.7. The summed E-state index contributed by atoms with van der Waals surface area (Å²) in [5.41, 5.74) is 1.22. The average Bonchev–Trinajstić information content (AvgIpc) is 3.34. The number of halogens is 1. The van der Waals surface area contributed by atoms with Crippen molar-refractivity contribution in [3.8, 4) is 0 Å². The number of aromatic nitrogens is 5. The highest BCUT2D eigenvalue weighted by atomic mass is 35.5. The van der Waals surface area contributed by atoms with Gasteiger partial charge in [-0.15, -0.1) is 12.4 Å². The second-order valence-corrected chi connectivity index (χ2v) is 6.90. The molecule has 9 nitrogen and oxygen atoms in total. The number of carbonyl (C=O) groups excluding carboxylic acids is 1. The normalized spacial score (nSPS) is 16.9. The van der Waals surface area contributed by atoms with Crippen LogP contribution in [0.25, 0.3) is 16.6 Å². The maximum Gasteiger partial charge on any atom is 0.259 e. The molecule has 29 heavy (non-hydrogen) atoms. The Morgan fingerprint density at radius 1 is 1.28 bits per heavy atom. The Labute approximate surface area is 171 Å². The van der Waals surface area contributed by atoms with Crippen LogP contribution in [0.3, 0.4) is 0 Å². The number of hydrogen-bond donors (Lipinski definition) is 2. The number of aryl methyl sites for hydroxylation is 1. The minimum atomic E-state index is -0.237. The van der Waals surface area contributed by atoms with Crippen LogP contribution in [0.1, 0.15) is 22.2 Å². The van der Waals surface area contributed by atoms with E-state index in [0.29, 0.717) is 41.7 Å². The molecular formula is C19H20ClN7O2. The van der Waals surface area contributed by atoms with Crippen LogP contribution in [-0.4, -0.2) is 54.6 Å². The van der Waals surface area contributed by atoms with Crippen LogP contribution in [0.5, 0.6) is 0 Å². The highest BCUT2D eigenvalue weighted by molar-refractivity contribution is 6.00. The van der Waals surface area contributed by atoms with Crippen molar-refractivity contribution in [3.63, 3.8) is 0 Å². The predicted molar refractivity (Wildman–Crippen MR) is 110 cm³/mol. The van der Waals surface area contributed by atoms with E-state index in [0.717, 1.165) is 5.82 Å². The molecule has 1 aliphatic heterocycles. The van der Waals surface area contributed by atoms with Crippen molar-refractivity contribution in [2.24, 2.45) is 7.05 Å². The lowest BCUT2D eigenvalue weighted by Crippen LogP contribution is -2.49. The molecule has 150 valence electrons. The van der Waals surface area contributed by atoms with Gasteiger partial charge in [0.2, 0.25) is 0 Å². The van der Waals surface area contributed by atoms with Crippen molar-refractivity contribution < 1.29 is 4.79 Å². The standard InChI is InChI=1S/C19H19N7O2.ClH/c1-24-8-7-21-17(24)15-11-20-6-9-25(15)19(28)13-10-22-26-14-5-3-2-4-12(14)18(27)23-16(13)26;/h2-5,7-8,10,15,20H,6,9,11H2,1H3,(H,23,27);1H. The van der Waals surface area contributed by atoms with Crippen molar-refractivity contribution >= 4 is 34.9 Å². The van der Waals surface area contributed by atoms with Gasteiger partial charge in [-0.1, -0.05) is 12.1 Å². The van der Waals surface area contributed by atoms with E-state index in [1.807, 2.05) is 29.9 Å². The van der Waals surface area contributed by atoms with Crippen molar-refractivity contribution in [2.45, 2.75) is 6.04 Å². The summed E-state index contributed by atoms with van der Waals surface area (Å²) in [5.74, 6) is 0.645. The molecule has 0 spiro atoms. The van der Waals surface area contributed by atoms with Crippen LogP contribution in [0.2, 0.25) is 0 Å². The number of fused-ring (bicyclic) bond motifs is 3. The van der Waals surface area contributed by atoms with Crippen LogP contribution in [0, 0.1) is 0 Å². The van der Waals surface area contributed by atoms with E-state index in [-0.39, 0.29) is 29.9 Å². The van der Waals surface area contributed by atoms with Gasteiger partial charge in [-0.25, -0.2) is 9.50 Å². The largest absolute Gasteiger partial charge is 0.336 e. The molecule has 1 amide bonds. The molecule has 0 bridgehead atoms. The molecule has 1 fully saturated rings. The Balaban J connectivity index is 0.00000205. The van der Waals surface area contributed by atoms with Gasteiger partial charge in [-0.2, -0.15) is 5.10 Å². The monoisotopic (exact) mass is 413 g/mol. The molecule has 10 heteroatoms. The summed E-state index contributed by atoms with van der Waals surface area (Å²) in [4.78, 5) is 35.0. The molecule has 1 atom stereocenters. The molecule has 1 saturated heterocycles. The van der Waals surface area contributed by atoms with Crippen LogP contribution in [0.15, 0.2) is 47.7 Å². The number of hydrogen-bond acceptors (Lipinski definition) is 5. The topological polar surface area (TPSA) is 100 Å². The number of aromatic amines is 1. The van der Waals surface area contributed by atoms with Gasteiger partial charge in [-0.3, -0.25) is 9.59 Å². The number of rotatable bonds is 2. The summed E-state index contributed by atoms with van der Waals surface area (Å²) in [5, 5.41) is 8.23. The van der Waals surface area contributed by atoms with E-state index < -0.39 is 0 Å². The van der Waals surface area contributed by atoms with E-state index in [1.54, 1.807) is 27.7 Å². The third kappa shape index (κ3) is 2.99. The van der Waals surface area contributed by atoms with Crippen LogP contribution in [0.4, 0.5) is 0 Å². The molecule has 1 aliphatic rings. The van der Waals surface area contributed by atoms with Gasteiger partial charge < -0.3 is 19.8 Å². The van der Waals surface area contributed by atoms with Crippen molar-refractivity contribution in [1.29, 1.82) is 0 Å². The fraction of sp³-hybridized carbons (Fsp3) is 0.263. The number of imidazole rings is 1. The molecule has 0 radical (unpaired) electrons. The van der Waals surface area contributed by atoms with Crippen molar-refractivity contribution in [3.05, 3.63) is 64.6 Å². The minimum absolute atomic E-state index is 0. The molecule has 1 aromatic carbocycles. The van der Waals surface area contributed by atoms with E-state index >= 15 is 0 Å². The van der Waals surface area contributed by atoms with Gasteiger partial charge in [-0.05, 0) is 12.1 Å². The van der Waals surface area contributed by atoms with E-state index in [4.69, 9.17) is 0 Å². The Hall–Kier alpha value is -3.17. The average molecular weight is 414 g/mol. The SMILES string of the molecule is Cl.Cn1ccnc1C1CNCCN1C(=O)c1cnn2c1[nH]c(=O)c1ccccc12. The fourth-order valence-corrected chi connectivity index (χ4v) is 3.86. The number of amides is 1. The molecule has 2 N–H and O–H groups in total. The first kappa shape index (κ1) is 19.2. The van der Waals surface area contributed by atoms with Gasteiger partial charge in [0.1, 0.15) is 23.1 Å². The number of H-pyrrole nitrogens is 1. The number of piperazine rings is 1. The summed E-state index contributed by atoms with van der Waals surface area (Å²) >= 11 is 0. The van der Waals surface area contributed by atoms with Gasteiger partial charge in [0, 0.05) is 39.1 Å². The maximum absolute atomic E-state index is 13.4. The highest BCUT2D eigenvalue weighted by Gasteiger charge is 2.32. The van der Waals surface area contributed by atoms with E-state index in [2.05, 4.69) is 20.4 Å². The van der Waals surface area contributed by atoms with Gasteiger partial charge in [0.05, 0.1) is 17.1 Å². The molecule has 3 aromatic heterocycles. The molecule has 4 aromatic rings. The second kappa shape index (κ2) is 7.34. The van der Waals surface area contributed by atoms with Crippen molar-refractivity contribution in [1.82, 2.24) is 34.4 Å². The lowest BCUT2D eigenvalue weighted by molar-refractivity contribution is 0.0622. The quantitative estimate of drug-likeness (QED) is 0.513. The summed E-state index contributed by atoms with van der Waals surface area (Å²) < 4.78 is 3.53. The van der Waals surface area contributed by atoms with Crippen LogP contribution in [-0.2, 0) is 7.05 Å². The predicted octanol–water partition coefficient (Wildman–Crippen LogP) is 1.12. The number of benzene rings is 1. The zero-order chi connectivity index (χ0) is 19.3. The van der Waals surface area contributed by atoms with Gasteiger partial charge >= 0.3 is 0 Å². The summed E-state index contributed by atoms with van der Waals surface area (Å²) in [7, 11) is 1.92. The number of nitrogens with zero attached hydrogens (tertiary/aromatic N) is 5. The minimum Gasteiger partial charge on any atom is -0.336 e. The first-order chi connectivity index (χ1) is 13.6. The molecule has 4 heterocycles. The lowest BCUT2D eigenvalue weighted by Gasteiger charge is -2.35. The lowest BCUT2D eigenvalue weighted by atomic mass is 10.1. The number of para-hydroxylation sites is 1. The second-order valence-electron chi connectivity index (χ2n) is 6.90. The summed E-state index contributed by atoms with van der Waals surface area (Å²) in [6, 6.07) is 7.02. The molecule has 0 aliphatic carbocycles. The first-order valence-corrected chi connectivity index (χ1v) is 9.13. The summed E-state index contributed by atoms with van der Waals surface area (Å²) in [6.45, 7) is 1.87. The van der Waals surface area contributed by atoms with Gasteiger partial charge in [0.25, 0.3) is 11.5 Å². The summed E-state index contributed by atoms with van der Waals surface area (Å²) in [6.07, 6.45) is 5.12. The van der Waals surface area contributed by atoms with Crippen LogP contribution >= 0.6 is 12.4 Å². The van der Waals surface area contributed by atoms with E-state index in [1.165, 1.54) is 6.20 Å². The smallest absolute Gasteiger partial charge is 0.259 e. The van der Waals surface area contributed by atoms with E-state index in [9.17, 15) is 9.59 Å². The third-order valence-corrected chi connectivity index (χ3v) is 5.27. The number of carbonyl (C=O) groups is 1. The Bertz CT molecular complexity index is 1260. The Morgan fingerprint density at radius 3 is 2.90 bits per heavy atom. The first-order valence-electron chi connectivity index (χ1n) is 9.13. The van der Waals surface area contributed by atoms with Crippen molar-refractivity contribution in [2.75, 3.05) is 19.6 Å². The molecule has 5 rings (SSSR count). The zero-order valence-corrected chi connectivity index (χ0v) is 16.5. The molecular weight excluding hydrogens is 394 g/mol. The number of nitrogens with one attached hydrogen (secondary N) is 2. The fourth-order valence-electron chi connectivity index (χ4n) is 3.86. The Morgan fingerprint density at radius 2 is 2.10 bits per heavy atom. The van der Waals surface area contributed by atoms with Gasteiger partial charge in [0.15, 0.2) is 0 Å². The van der Waals surface area contributed by atoms with Crippen LogP contribution < -0.4 is 10.9 Å². The maximum atomic E-state index is 13.4. The molecule has 0 saturated carbocycles. The highest BCUT2D eigenvalue weighted by Crippen LogP contribution is 2.24.